The van der Waals surface area contributed by atoms with Gasteiger partial charge in [0.2, 0.25) is 0 Å². The van der Waals surface area contributed by atoms with E-state index in [0.717, 1.165) is 15.4 Å². The lowest BCUT2D eigenvalue weighted by molar-refractivity contribution is -0.141. The van der Waals surface area contributed by atoms with E-state index in [4.69, 9.17) is 4.74 Å². The molecule has 5 nitrogen and oxygen atoms in total. The van der Waals surface area contributed by atoms with Crippen LogP contribution >= 0.6 is 15.9 Å². The lowest BCUT2D eigenvalue weighted by Crippen LogP contribution is -2.19. The number of hydrogen-bond acceptors (Lipinski definition) is 3. The van der Waals surface area contributed by atoms with Crippen LogP contribution in [-0.4, -0.2) is 28.0 Å². The van der Waals surface area contributed by atoms with Crippen molar-refractivity contribution < 1.29 is 14.6 Å². The molecule has 0 saturated carbocycles. The fourth-order valence-electron chi connectivity index (χ4n) is 1.93. The first-order chi connectivity index (χ1) is 8.60. The van der Waals surface area contributed by atoms with Gasteiger partial charge in [-0.2, -0.15) is 5.10 Å². The molecule has 6 heteroatoms. The molecule has 0 amide bonds. The third-order valence-corrected chi connectivity index (χ3v) is 3.68. The predicted molar refractivity (Wildman–Crippen MR) is 70.9 cm³/mol. The standard InChI is InChI=1S/C12H13BrN2O3/c1-3-8(12(16)17)15-9-4-5-10(18-2)11(13)7(9)6-14-15/h4-6,8H,3H2,1-2H3,(H,16,17). The summed E-state index contributed by atoms with van der Waals surface area (Å²) in [4.78, 5) is 11.2. The summed E-state index contributed by atoms with van der Waals surface area (Å²) in [6.07, 6.45) is 2.13. The molecular formula is C12H13BrN2O3. The number of halogens is 1. The van der Waals surface area contributed by atoms with E-state index in [-0.39, 0.29) is 0 Å². The number of benzene rings is 1. The van der Waals surface area contributed by atoms with Crippen LogP contribution in [0, 0.1) is 0 Å². The van der Waals surface area contributed by atoms with Crippen molar-refractivity contribution in [2.45, 2.75) is 19.4 Å². The number of carboxylic acids is 1. The minimum absolute atomic E-state index is 0.482. The molecule has 0 aliphatic carbocycles. The van der Waals surface area contributed by atoms with E-state index in [0.29, 0.717) is 12.2 Å². The molecule has 18 heavy (non-hydrogen) atoms. The second kappa shape index (κ2) is 4.97. The largest absolute Gasteiger partial charge is 0.496 e. The van der Waals surface area contributed by atoms with E-state index in [9.17, 15) is 9.90 Å². The number of ether oxygens (including phenoxy) is 1. The number of fused-ring (bicyclic) bond motifs is 1. The van der Waals surface area contributed by atoms with Crippen LogP contribution in [0.5, 0.6) is 5.75 Å². The van der Waals surface area contributed by atoms with Crippen molar-refractivity contribution in [2.24, 2.45) is 0 Å². The Labute approximate surface area is 112 Å². The monoisotopic (exact) mass is 312 g/mol. The fraction of sp³-hybridized carbons (Fsp3) is 0.333. The quantitative estimate of drug-likeness (QED) is 0.942. The summed E-state index contributed by atoms with van der Waals surface area (Å²) in [6.45, 7) is 1.82. The Morgan fingerprint density at radius 1 is 1.61 bits per heavy atom. The summed E-state index contributed by atoms with van der Waals surface area (Å²) in [5, 5.41) is 14.2. The SMILES string of the molecule is CCC(C(=O)O)n1ncc2c(Br)c(OC)ccc21. The van der Waals surface area contributed by atoms with Crippen molar-refractivity contribution in [3.8, 4) is 5.75 Å². The highest BCUT2D eigenvalue weighted by Gasteiger charge is 2.21. The first-order valence-corrected chi connectivity index (χ1v) is 6.32. The molecule has 1 aromatic heterocycles. The van der Waals surface area contributed by atoms with E-state index in [1.54, 1.807) is 19.4 Å². The minimum Gasteiger partial charge on any atom is -0.496 e. The van der Waals surface area contributed by atoms with Gasteiger partial charge in [-0.3, -0.25) is 4.68 Å². The highest BCUT2D eigenvalue weighted by molar-refractivity contribution is 9.10. The zero-order valence-corrected chi connectivity index (χ0v) is 11.6. The molecule has 96 valence electrons. The second-order valence-electron chi connectivity index (χ2n) is 3.87. The maximum atomic E-state index is 11.2. The van der Waals surface area contributed by atoms with Gasteiger partial charge >= 0.3 is 5.97 Å². The van der Waals surface area contributed by atoms with E-state index in [1.807, 2.05) is 13.0 Å². The van der Waals surface area contributed by atoms with Crippen molar-refractivity contribution in [1.82, 2.24) is 9.78 Å². The Morgan fingerprint density at radius 2 is 2.33 bits per heavy atom. The number of rotatable bonds is 4. The van der Waals surface area contributed by atoms with Gasteiger partial charge in [0.25, 0.3) is 0 Å². The molecule has 0 aliphatic heterocycles. The smallest absolute Gasteiger partial charge is 0.328 e. The van der Waals surface area contributed by atoms with Gasteiger partial charge in [-0.05, 0) is 34.5 Å². The van der Waals surface area contributed by atoms with Crippen molar-refractivity contribution in [3.63, 3.8) is 0 Å². The fourth-order valence-corrected chi connectivity index (χ4v) is 2.53. The summed E-state index contributed by atoms with van der Waals surface area (Å²) in [6, 6.07) is 2.96. The van der Waals surface area contributed by atoms with Gasteiger partial charge in [-0.25, -0.2) is 4.79 Å². The molecule has 1 atom stereocenters. The van der Waals surface area contributed by atoms with Crippen molar-refractivity contribution in [3.05, 3.63) is 22.8 Å². The average molecular weight is 313 g/mol. The number of aromatic nitrogens is 2. The van der Waals surface area contributed by atoms with Gasteiger partial charge in [0.15, 0.2) is 0 Å². The maximum Gasteiger partial charge on any atom is 0.328 e. The van der Waals surface area contributed by atoms with Crippen molar-refractivity contribution in [1.29, 1.82) is 0 Å². The first-order valence-electron chi connectivity index (χ1n) is 5.52. The normalized spacial score (nSPS) is 12.6. The molecule has 0 fully saturated rings. The van der Waals surface area contributed by atoms with Crippen LogP contribution in [0.4, 0.5) is 0 Å². The van der Waals surface area contributed by atoms with Gasteiger partial charge in [0.1, 0.15) is 11.8 Å². The summed E-state index contributed by atoms with van der Waals surface area (Å²) in [5.74, 6) is -0.181. The van der Waals surface area contributed by atoms with E-state index >= 15 is 0 Å². The van der Waals surface area contributed by atoms with E-state index in [1.165, 1.54) is 4.68 Å². The van der Waals surface area contributed by atoms with Gasteiger partial charge in [0.05, 0.1) is 23.3 Å². The molecule has 0 radical (unpaired) electrons. The number of methoxy groups -OCH3 is 1. The Balaban J connectivity index is 2.62. The van der Waals surface area contributed by atoms with Crippen LogP contribution in [-0.2, 0) is 4.79 Å². The highest BCUT2D eigenvalue weighted by atomic mass is 79.9. The molecule has 0 aliphatic rings. The topological polar surface area (TPSA) is 64.3 Å². The van der Waals surface area contributed by atoms with Crippen LogP contribution < -0.4 is 4.74 Å². The van der Waals surface area contributed by atoms with E-state index in [2.05, 4.69) is 21.0 Å². The summed E-state index contributed by atoms with van der Waals surface area (Å²) in [7, 11) is 1.59. The molecule has 1 unspecified atom stereocenters. The molecule has 1 aromatic carbocycles. The van der Waals surface area contributed by atoms with Crippen LogP contribution in [0.3, 0.4) is 0 Å². The zero-order chi connectivity index (χ0) is 13.3. The molecular weight excluding hydrogens is 300 g/mol. The lowest BCUT2D eigenvalue weighted by Gasteiger charge is -2.12. The number of nitrogens with zero attached hydrogens (tertiary/aromatic N) is 2. The van der Waals surface area contributed by atoms with Gasteiger partial charge in [-0.15, -0.1) is 0 Å². The van der Waals surface area contributed by atoms with Crippen LogP contribution in [0.15, 0.2) is 22.8 Å². The molecule has 1 N–H and O–H groups in total. The highest BCUT2D eigenvalue weighted by Crippen LogP contribution is 2.34. The van der Waals surface area contributed by atoms with Crippen LogP contribution in [0.1, 0.15) is 19.4 Å². The van der Waals surface area contributed by atoms with Crippen LogP contribution in [0.25, 0.3) is 10.9 Å². The molecule has 2 rings (SSSR count). The second-order valence-corrected chi connectivity index (χ2v) is 4.66. The van der Waals surface area contributed by atoms with Crippen molar-refractivity contribution >= 4 is 32.8 Å². The Kier molecular flexibility index (Phi) is 3.56. The lowest BCUT2D eigenvalue weighted by atomic mass is 10.2. The molecule has 1 heterocycles. The zero-order valence-electron chi connectivity index (χ0n) is 10.1. The Bertz CT molecular complexity index is 594. The molecule has 0 bridgehead atoms. The third-order valence-electron chi connectivity index (χ3n) is 2.87. The summed E-state index contributed by atoms with van der Waals surface area (Å²) < 4.78 is 7.51. The van der Waals surface area contributed by atoms with Gasteiger partial charge < -0.3 is 9.84 Å². The molecule has 0 saturated heterocycles. The van der Waals surface area contributed by atoms with Gasteiger partial charge in [0, 0.05) is 5.39 Å². The van der Waals surface area contributed by atoms with Crippen molar-refractivity contribution in [2.75, 3.05) is 7.11 Å². The number of aliphatic carboxylic acids is 1. The predicted octanol–water partition coefficient (Wildman–Crippen LogP) is 2.84. The Hall–Kier alpha value is -1.56. The molecule has 0 spiro atoms. The number of carbonyl (C=O) groups is 1. The van der Waals surface area contributed by atoms with Gasteiger partial charge in [-0.1, -0.05) is 6.92 Å². The number of hydrogen-bond donors (Lipinski definition) is 1. The summed E-state index contributed by atoms with van der Waals surface area (Å²) >= 11 is 3.44. The Morgan fingerprint density at radius 3 is 2.89 bits per heavy atom. The maximum absolute atomic E-state index is 11.2. The summed E-state index contributed by atoms with van der Waals surface area (Å²) in [5.41, 5.74) is 0.775. The van der Waals surface area contributed by atoms with Crippen LogP contribution in [0.2, 0.25) is 0 Å². The van der Waals surface area contributed by atoms with E-state index < -0.39 is 12.0 Å². The third kappa shape index (κ3) is 1.96. The first kappa shape index (κ1) is 12.9. The number of carboxylic acid groups (broad SMARTS) is 1. The molecule has 2 aromatic rings. The minimum atomic E-state index is -0.880. The average Bonchev–Trinajstić information content (AvgIpc) is 2.75.